The number of hydrogen-bond donors (Lipinski definition) is 3. The van der Waals surface area contributed by atoms with Gasteiger partial charge in [-0.3, -0.25) is 16.0 Å². The van der Waals surface area contributed by atoms with Crippen molar-refractivity contribution in [2.24, 2.45) is 5.84 Å². The van der Waals surface area contributed by atoms with Crippen molar-refractivity contribution in [3.63, 3.8) is 0 Å². The highest BCUT2D eigenvalue weighted by Crippen LogP contribution is 2.32. The molecule has 1 heterocycles. The smallest absolute Gasteiger partial charge is 0.316 e. The summed E-state index contributed by atoms with van der Waals surface area (Å²) in [5.74, 6) is 5.27. The average Bonchev–Trinajstić information content (AvgIpc) is 2.45. The number of rotatable bonds is 5. The Morgan fingerprint density at radius 1 is 1.42 bits per heavy atom. The van der Waals surface area contributed by atoms with Gasteiger partial charge in [0.05, 0.1) is 30.8 Å². The quantitative estimate of drug-likeness (QED) is 0.409. The van der Waals surface area contributed by atoms with Gasteiger partial charge < -0.3 is 20.2 Å². The predicted molar refractivity (Wildman–Crippen MR) is 70.0 cm³/mol. The number of hydrazine groups is 1. The van der Waals surface area contributed by atoms with Crippen molar-refractivity contribution in [2.45, 2.75) is 6.10 Å². The van der Waals surface area contributed by atoms with Crippen LogP contribution in [0.5, 0.6) is 0 Å². The van der Waals surface area contributed by atoms with Gasteiger partial charge in [-0.1, -0.05) is 6.07 Å². The third-order valence-electron chi connectivity index (χ3n) is 2.78. The van der Waals surface area contributed by atoms with Crippen LogP contribution in [0.1, 0.15) is 0 Å². The van der Waals surface area contributed by atoms with Gasteiger partial charge in [0.25, 0.3) is 0 Å². The molecule has 8 nitrogen and oxygen atoms in total. The number of anilines is 2. The second-order valence-corrected chi connectivity index (χ2v) is 4.05. The van der Waals surface area contributed by atoms with Gasteiger partial charge in [0.15, 0.2) is 0 Å². The summed E-state index contributed by atoms with van der Waals surface area (Å²) in [6.45, 7) is 2.05. The van der Waals surface area contributed by atoms with E-state index in [1.165, 1.54) is 0 Å². The largest absolute Gasteiger partial charge is 0.377 e. The Hall–Kier alpha value is -1.90. The molecule has 1 unspecified atom stereocenters. The molecule has 0 amide bonds. The molecule has 1 aromatic rings. The number of nitrogens with zero attached hydrogens (tertiary/aromatic N) is 1. The first-order valence-corrected chi connectivity index (χ1v) is 5.89. The number of nitro groups is 1. The Morgan fingerprint density at radius 3 is 2.84 bits per heavy atom. The van der Waals surface area contributed by atoms with Crippen LogP contribution in [0.15, 0.2) is 18.2 Å². The van der Waals surface area contributed by atoms with Gasteiger partial charge in [0.1, 0.15) is 11.4 Å². The Bertz CT molecular complexity index is 448. The van der Waals surface area contributed by atoms with Gasteiger partial charge in [-0.25, -0.2) is 0 Å². The first kappa shape index (κ1) is 13.5. The van der Waals surface area contributed by atoms with E-state index in [4.69, 9.17) is 15.3 Å². The normalized spacial score (nSPS) is 18.9. The Kier molecular flexibility index (Phi) is 4.50. The molecule has 0 spiro atoms. The van der Waals surface area contributed by atoms with Crippen LogP contribution >= 0.6 is 0 Å². The third-order valence-corrected chi connectivity index (χ3v) is 2.78. The molecule has 1 atom stereocenters. The molecule has 8 heteroatoms. The maximum atomic E-state index is 11.1. The maximum Gasteiger partial charge on any atom is 0.316 e. The molecule has 4 N–H and O–H groups in total. The summed E-state index contributed by atoms with van der Waals surface area (Å²) in [6, 6.07) is 4.86. The fourth-order valence-corrected chi connectivity index (χ4v) is 1.88. The van der Waals surface area contributed by atoms with Gasteiger partial charge in [-0.15, -0.1) is 0 Å². The van der Waals surface area contributed by atoms with Gasteiger partial charge in [-0.2, -0.15) is 0 Å². The lowest BCUT2D eigenvalue weighted by Crippen LogP contribution is -2.34. The molecule has 1 aliphatic heterocycles. The first-order chi connectivity index (χ1) is 9.22. The van der Waals surface area contributed by atoms with Crippen LogP contribution < -0.4 is 16.6 Å². The molecule has 1 aromatic carbocycles. The fourth-order valence-electron chi connectivity index (χ4n) is 1.88. The number of ether oxygens (including phenoxy) is 2. The molecule has 1 aliphatic rings. The van der Waals surface area contributed by atoms with Crippen molar-refractivity contribution in [3.8, 4) is 0 Å². The number of nitrogen functional groups attached to an aromatic ring is 1. The summed E-state index contributed by atoms with van der Waals surface area (Å²) in [7, 11) is 0. The van der Waals surface area contributed by atoms with Crippen LogP contribution in [-0.2, 0) is 9.47 Å². The van der Waals surface area contributed by atoms with Gasteiger partial charge >= 0.3 is 5.69 Å². The van der Waals surface area contributed by atoms with Gasteiger partial charge in [0.2, 0.25) is 0 Å². The number of nitrogens with two attached hydrogens (primary N) is 1. The molecule has 2 rings (SSSR count). The van der Waals surface area contributed by atoms with Crippen LogP contribution in [0.4, 0.5) is 17.1 Å². The molecule has 0 saturated carbocycles. The lowest BCUT2D eigenvalue weighted by Gasteiger charge is -2.23. The summed E-state index contributed by atoms with van der Waals surface area (Å²) < 4.78 is 10.7. The van der Waals surface area contributed by atoms with E-state index in [2.05, 4.69) is 10.7 Å². The zero-order valence-corrected chi connectivity index (χ0v) is 10.3. The van der Waals surface area contributed by atoms with Crippen LogP contribution in [0, 0.1) is 10.1 Å². The molecule has 0 bridgehead atoms. The highest BCUT2D eigenvalue weighted by atomic mass is 16.6. The van der Waals surface area contributed by atoms with Crippen molar-refractivity contribution >= 4 is 17.1 Å². The zero-order chi connectivity index (χ0) is 13.7. The summed E-state index contributed by atoms with van der Waals surface area (Å²) in [5.41, 5.74) is 2.89. The highest BCUT2D eigenvalue weighted by Gasteiger charge is 2.21. The first-order valence-electron chi connectivity index (χ1n) is 5.89. The molecule has 0 radical (unpaired) electrons. The summed E-state index contributed by atoms with van der Waals surface area (Å²) in [4.78, 5) is 10.6. The van der Waals surface area contributed by atoms with Crippen LogP contribution in [0.25, 0.3) is 0 Å². The van der Waals surface area contributed by atoms with E-state index < -0.39 is 4.92 Å². The Labute approximate surface area is 110 Å². The Morgan fingerprint density at radius 2 is 2.21 bits per heavy atom. The minimum Gasteiger partial charge on any atom is -0.377 e. The molecule has 0 aliphatic carbocycles. The standard InChI is InChI=1S/C11H16N4O4/c12-14-10-3-1-2-9(11(10)15(16)17)13-6-8-7-18-4-5-19-8/h1-3,8,13-14H,4-7,12H2. The van der Waals surface area contributed by atoms with Gasteiger partial charge in [0, 0.05) is 6.54 Å². The second-order valence-electron chi connectivity index (χ2n) is 4.05. The maximum absolute atomic E-state index is 11.1. The minimum absolute atomic E-state index is 0.0817. The molecule has 0 aromatic heterocycles. The third kappa shape index (κ3) is 3.31. The van der Waals surface area contributed by atoms with E-state index in [1.807, 2.05) is 0 Å². The molecule has 19 heavy (non-hydrogen) atoms. The molecular weight excluding hydrogens is 252 g/mol. The fraction of sp³-hybridized carbons (Fsp3) is 0.455. The highest BCUT2D eigenvalue weighted by molar-refractivity contribution is 5.75. The summed E-state index contributed by atoms with van der Waals surface area (Å²) in [5, 5.41) is 14.1. The molecule has 1 saturated heterocycles. The van der Waals surface area contributed by atoms with E-state index in [1.54, 1.807) is 18.2 Å². The van der Waals surface area contributed by atoms with Crippen molar-refractivity contribution in [2.75, 3.05) is 37.1 Å². The minimum atomic E-state index is -0.476. The lowest BCUT2D eigenvalue weighted by atomic mass is 10.2. The zero-order valence-electron chi connectivity index (χ0n) is 10.3. The molecular formula is C11H16N4O4. The van der Waals surface area contributed by atoms with Crippen molar-refractivity contribution in [1.29, 1.82) is 0 Å². The van der Waals surface area contributed by atoms with E-state index >= 15 is 0 Å². The van der Waals surface area contributed by atoms with Crippen LogP contribution in [-0.4, -0.2) is 37.4 Å². The number of para-hydroxylation sites is 1. The summed E-state index contributed by atoms with van der Waals surface area (Å²) in [6.07, 6.45) is -0.108. The number of hydrogen-bond acceptors (Lipinski definition) is 7. The lowest BCUT2D eigenvalue weighted by molar-refractivity contribution is -0.383. The van der Waals surface area contributed by atoms with E-state index in [-0.39, 0.29) is 17.5 Å². The topological polar surface area (TPSA) is 112 Å². The number of benzene rings is 1. The number of nitrogens with one attached hydrogen (secondary N) is 2. The Balaban J connectivity index is 2.08. The molecule has 104 valence electrons. The van der Waals surface area contributed by atoms with E-state index in [0.717, 1.165) is 0 Å². The second kappa shape index (κ2) is 6.32. The molecule has 1 fully saturated rings. The number of nitro benzene ring substituents is 1. The van der Waals surface area contributed by atoms with Gasteiger partial charge in [-0.05, 0) is 12.1 Å². The SMILES string of the molecule is NNc1cccc(NCC2COCCO2)c1[N+](=O)[O-]. The van der Waals surface area contributed by atoms with Crippen molar-refractivity contribution < 1.29 is 14.4 Å². The average molecular weight is 268 g/mol. The predicted octanol–water partition coefficient (Wildman–Crippen LogP) is 0.708. The van der Waals surface area contributed by atoms with Crippen molar-refractivity contribution in [1.82, 2.24) is 0 Å². The van der Waals surface area contributed by atoms with Crippen LogP contribution in [0.3, 0.4) is 0 Å². The van der Waals surface area contributed by atoms with E-state index in [0.29, 0.717) is 32.1 Å². The monoisotopic (exact) mass is 268 g/mol. The summed E-state index contributed by atoms with van der Waals surface area (Å²) >= 11 is 0. The van der Waals surface area contributed by atoms with Crippen LogP contribution in [0.2, 0.25) is 0 Å². The van der Waals surface area contributed by atoms with E-state index in [9.17, 15) is 10.1 Å². The van der Waals surface area contributed by atoms with Crippen molar-refractivity contribution in [3.05, 3.63) is 28.3 Å².